The first kappa shape index (κ1) is 15.0. The first-order chi connectivity index (χ1) is 9.36. The molecule has 1 aliphatic heterocycles. The second kappa shape index (κ2) is 5.90. The Morgan fingerprint density at radius 2 is 2.05 bits per heavy atom. The van der Waals surface area contributed by atoms with Crippen LogP contribution in [-0.2, 0) is 14.6 Å². The Labute approximate surface area is 118 Å². The van der Waals surface area contributed by atoms with Crippen molar-refractivity contribution in [1.82, 2.24) is 10.6 Å². The molecule has 2 rings (SSSR count). The molecular formula is C13H18N2O4S. The number of amides is 1. The largest absolute Gasteiger partial charge is 0.387 e. The summed E-state index contributed by atoms with van der Waals surface area (Å²) in [6.07, 6.45) is 0.823. The Balaban J connectivity index is 1.92. The third-order valence-corrected chi connectivity index (χ3v) is 4.40. The van der Waals surface area contributed by atoms with Gasteiger partial charge in [0.1, 0.15) is 0 Å². The number of aliphatic hydroxyl groups excluding tert-OH is 1. The van der Waals surface area contributed by atoms with Crippen LogP contribution in [0.15, 0.2) is 29.2 Å². The van der Waals surface area contributed by atoms with E-state index < -0.39 is 15.9 Å². The van der Waals surface area contributed by atoms with Gasteiger partial charge in [-0.3, -0.25) is 4.79 Å². The van der Waals surface area contributed by atoms with E-state index in [0.29, 0.717) is 25.1 Å². The second-order valence-electron chi connectivity index (χ2n) is 4.97. The lowest BCUT2D eigenvalue weighted by molar-refractivity contribution is -0.119. The molecule has 110 valence electrons. The third kappa shape index (κ3) is 3.78. The number of hydrogen-bond donors (Lipinski definition) is 3. The van der Waals surface area contributed by atoms with Gasteiger partial charge in [0.05, 0.1) is 11.0 Å². The zero-order valence-electron chi connectivity index (χ0n) is 11.2. The van der Waals surface area contributed by atoms with Crippen molar-refractivity contribution in [3.05, 3.63) is 29.8 Å². The van der Waals surface area contributed by atoms with E-state index in [1.54, 1.807) is 12.1 Å². The lowest BCUT2D eigenvalue weighted by atomic mass is 10.1. The van der Waals surface area contributed by atoms with Crippen LogP contribution in [-0.4, -0.2) is 44.8 Å². The molecule has 3 N–H and O–H groups in total. The lowest BCUT2D eigenvalue weighted by Crippen LogP contribution is -2.34. The number of aliphatic hydroxyl groups is 1. The predicted molar refractivity (Wildman–Crippen MR) is 73.9 cm³/mol. The van der Waals surface area contributed by atoms with Gasteiger partial charge in [0.2, 0.25) is 5.91 Å². The third-order valence-electron chi connectivity index (χ3n) is 3.27. The maximum atomic E-state index is 11.3. The van der Waals surface area contributed by atoms with Crippen molar-refractivity contribution in [2.24, 2.45) is 0 Å². The molecule has 1 saturated heterocycles. The van der Waals surface area contributed by atoms with Gasteiger partial charge in [-0.05, 0) is 17.7 Å². The van der Waals surface area contributed by atoms with Crippen LogP contribution in [0.1, 0.15) is 18.1 Å². The molecule has 6 nitrogen and oxygen atoms in total. The molecule has 20 heavy (non-hydrogen) atoms. The fourth-order valence-electron chi connectivity index (χ4n) is 2.08. The van der Waals surface area contributed by atoms with E-state index in [1.807, 2.05) is 0 Å². The van der Waals surface area contributed by atoms with Gasteiger partial charge in [0, 0.05) is 31.8 Å². The summed E-state index contributed by atoms with van der Waals surface area (Å²) >= 11 is 0. The minimum absolute atomic E-state index is 0.00879. The van der Waals surface area contributed by atoms with Crippen LogP contribution in [0.25, 0.3) is 0 Å². The standard InChI is InChI=1S/C13H18N2O4S/c1-20(18,19)11-4-2-9(3-5-11)12(16)8-14-10-6-13(17)15-7-10/h2-5,10,12,14,16H,6-8H2,1H3,(H,15,17). The van der Waals surface area contributed by atoms with Crippen molar-refractivity contribution in [3.8, 4) is 0 Å². The summed E-state index contributed by atoms with van der Waals surface area (Å²) < 4.78 is 22.7. The Kier molecular flexibility index (Phi) is 4.42. The van der Waals surface area contributed by atoms with Crippen LogP contribution in [0.4, 0.5) is 0 Å². The average Bonchev–Trinajstić information content (AvgIpc) is 2.81. The van der Waals surface area contributed by atoms with Crippen LogP contribution in [0.3, 0.4) is 0 Å². The molecule has 0 bridgehead atoms. The summed E-state index contributed by atoms with van der Waals surface area (Å²) in [5, 5.41) is 15.8. The van der Waals surface area contributed by atoms with E-state index in [0.717, 1.165) is 6.26 Å². The first-order valence-electron chi connectivity index (χ1n) is 6.34. The summed E-state index contributed by atoms with van der Waals surface area (Å²) in [4.78, 5) is 11.3. The molecule has 1 heterocycles. The average molecular weight is 298 g/mol. The summed E-state index contributed by atoms with van der Waals surface area (Å²) in [6, 6.07) is 6.19. The van der Waals surface area contributed by atoms with Gasteiger partial charge in [-0.25, -0.2) is 8.42 Å². The molecule has 2 unspecified atom stereocenters. The van der Waals surface area contributed by atoms with E-state index in [-0.39, 0.29) is 16.8 Å². The number of benzene rings is 1. The highest BCUT2D eigenvalue weighted by molar-refractivity contribution is 7.90. The normalized spacial score (nSPS) is 20.7. The van der Waals surface area contributed by atoms with Gasteiger partial charge < -0.3 is 15.7 Å². The Hall–Kier alpha value is -1.44. The van der Waals surface area contributed by atoms with Gasteiger partial charge in [0.25, 0.3) is 0 Å². The summed E-state index contributed by atoms with van der Waals surface area (Å²) in [5.74, 6) is 0.00879. The topological polar surface area (TPSA) is 95.5 Å². The van der Waals surface area contributed by atoms with E-state index >= 15 is 0 Å². The van der Waals surface area contributed by atoms with Crippen LogP contribution in [0, 0.1) is 0 Å². The molecule has 0 spiro atoms. The fraction of sp³-hybridized carbons (Fsp3) is 0.462. The van der Waals surface area contributed by atoms with Crippen molar-refractivity contribution in [2.45, 2.75) is 23.5 Å². The van der Waals surface area contributed by atoms with Gasteiger partial charge in [-0.1, -0.05) is 12.1 Å². The molecule has 0 radical (unpaired) electrons. The Morgan fingerprint density at radius 1 is 1.40 bits per heavy atom. The smallest absolute Gasteiger partial charge is 0.221 e. The molecule has 0 aromatic heterocycles. The molecule has 1 aromatic carbocycles. The van der Waals surface area contributed by atoms with Gasteiger partial charge in [-0.15, -0.1) is 0 Å². The number of hydrogen-bond acceptors (Lipinski definition) is 5. The number of rotatable bonds is 5. The molecule has 1 fully saturated rings. The quantitative estimate of drug-likeness (QED) is 0.687. The number of sulfone groups is 1. The van der Waals surface area contributed by atoms with E-state index in [4.69, 9.17) is 0 Å². The Morgan fingerprint density at radius 3 is 2.55 bits per heavy atom. The fourth-order valence-corrected chi connectivity index (χ4v) is 2.71. The number of carbonyl (C=O) groups is 1. The van der Waals surface area contributed by atoms with Crippen molar-refractivity contribution in [3.63, 3.8) is 0 Å². The monoisotopic (exact) mass is 298 g/mol. The molecule has 7 heteroatoms. The maximum Gasteiger partial charge on any atom is 0.221 e. The lowest BCUT2D eigenvalue weighted by Gasteiger charge is -2.15. The molecule has 0 saturated carbocycles. The van der Waals surface area contributed by atoms with Crippen molar-refractivity contribution in [1.29, 1.82) is 0 Å². The number of nitrogens with one attached hydrogen (secondary N) is 2. The van der Waals surface area contributed by atoms with Crippen LogP contribution < -0.4 is 10.6 Å². The van der Waals surface area contributed by atoms with Crippen molar-refractivity contribution in [2.75, 3.05) is 19.3 Å². The van der Waals surface area contributed by atoms with E-state index in [9.17, 15) is 18.3 Å². The molecule has 0 aliphatic carbocycles. The minimum Gasteiger partial charge on any atom is -0.387 e. The van der Waals surface area contributed by atoms with Crippen LogP contribution >= 0.6 is 0 Å². The number of carbonyl (C=O) groups excluding carboxylic acids is 1. The maximum absolute atomic E-state index is 11.3. The summed E-state index contributed by atoms with van der Waals surface area (Å²) in [5.41, 5.74) is 0.641. The van der Waals surface area contributed by atoms with Gasteiger partial charge in [0.15, 0.2) is 9.84 Å². The second-order valence-corrected chi connectivity index (χ2v) is 6.99. The highest BCUT2D eigenvalue weighted by Gasteiger charge is 2.21. The highest BCUT2D eigenvalue weighted by Crippen LogP contribution is 2.16. The van der Waals surface area contributed by atoms with Crippen molar-refractivity contribution >= 4 is 15.7 Å². The van der Waals surface area contributed by atoms with Crippen LogP contribution in [0.5, 0.6) is 0 Å². The SMILES string of the molecule is CS(=O)(=O)c1ccc(C(O)CNC2CNC(=O)C2)cc1. The van der Waals surface area contributed by atoms with Gasteiger partial charge >= 0.3 is 0 Å². The zero-order valence-corrected chi connectivity index (χ0v) is 12.0. The molecule has 1 aliphatic rings. The first-order valence-corrected chi connectivity index (χ1v) is 8.23. The zero-order chi connectivity index (χ0) is 14.8. The predicted octanol–water partition coefficient (Wildman–Crippen LogP) is -0.398. The minimum atomic E-state index is -3.22. The molecule has 1 amide bonds. The molecule has 1 aromatic rings. The van der Waals surface area contributed by atoms with Gasteiger partial charge in [-0.2, -0.15) is 0 Å². The van der Waals surface area contributed by atoms with E-state index in [1.165, 1.54) is 12.1 Å². The molecule has 2 atom stereocenters. The van der Waals surface area contributed by atoms with Crippen molar-refractivity contribution < 1.29 is 18.3 Å². The Bertz CT molecular complexity index is 583. The molecular weight excluding hydrogens is 280 g/mol. The highest BCUT2D eigenvalue weighted by atomic mass is 32.2. The van der Waals surface area contributed by atoms with E-state index in [2.05, 4.69) is 10.6 Å². The summed E-state index contributed by atoms with van der Waals surface area (Å²) in [6.45, 7) is 0.885. The summed E-state index contributed by atoms with van der Waals surface area (Å²) in [7, 11) is -3.22. The van der Waals surface area contributed by atoms with Crippen LogP contribution in [0.2, 0.25) is 0 Å².